The predicted octanol–water partition coefficient (Wildman–Crippen LogP) is 3.66. The molecule has 2 heterocycles. The first-order chi connectivity index (χ1) is 15.2. The largest absolute Gasteiger partial charge is 0.373 e. The summed E-state index contributed by atoms with van der Waals surface area (Å²) in [6.07, 6.45) is 4.91. The number of nitrogens with one attached hydrogen (secondary N) is 2. The van der Waals surface area contributed by atoms with E-state index in [0.29, 0.717) is 5.92 Å². The van der Waals surface area contributed by atoms with Crippen molar-refractivity contribution in [2.45, 2.75) is 45.6 Å². The summed E-state index contributed by atoms with van der Waals surface area (Å²) in [6, 6.07) is 8.80. The molecule has 2 aliphatic heterocycles. The van der Waals surface area contributed by atoms with Crippen LogP contribution in [0.25, 0.3) is 0 Å². The summed E-state index contributed by atoms with van der Waals surface area (Å²) in [5.41, 5.74) is 2.59. The predicted molar refractivity (Wildman–Crippen MR) is 145 cm³/mol. The van der Waals surface area contributed by atoms with Gasteiger partial charge >= 0.3 is 0 Å². The number of unbranched alkanes of at least 4 members (excludes halogenated alkanes) is 1. The van der Waals surface area contributed by atoms with Crippen LogP contribution in [0, 0.1) is 12.8 Å². The number of likely N-dealkylation sites (N-methyl/N-ethyl adjacent to an activating group) is 1. The first-order valence-electron chi connectivity index (χ1n) is 12.3. The normalized spacial score (nSPS) is 22.9. The molecule has 2 aliphatic rings. The van der Waals surface area contributed by atoms with Crippen molar-refractivity contribution >= 4 is 29.9 Å². The highest BCUT2D eigenvalue weighted by Crippen LogP contribution is 2.33. The molecule has 2 atom stereocenters. The van der Waals surface area contributed by atoms with Gasteiger partial charge in [-0.2, -0.15) is 0 Å². The number of nitrogens with zero attached hydrogens (tertiary/aromatic N) is 3. The second-order valence-corrected chi connectivity index (χ2v) is 8.97. The van der Waals surface area contributed by atoms with Gasteiger partial charge in [0.15, 0.2) is 5.96 Å². The van der Waals surface area contributed by atoms with Crippen LogP contribution >= 0.6 is 24.0 Å². The van der Waals surface area contributed by atoms with E-state index in [9.17, 15) is 0 Å². The number of hydrogen-bond donors (Lipinski definition) is 2. The lowest BCUT2D eigenvalue weighted by Crippen LogP contribution is -2.46. The minimum Gasteiger partial charge on any atom is -0.373 e. The molecule has 182 valence electrons. The zero-order valence-corrected chi connectivity index (χ0v) is 22.6. The summed E-state index contributed by atoms with van der Waals surface area (Å²) in [7, 11) is 1.86. The summed E-state index contributed by atoms with van der Waals surface area (Å²) in [5.74, 6) is 1.38. The Morgan fingerprint density at radius 1 is 1.06 bits per heavy atom. The fraction of sp³-hybridized carbons (Fsp3) is 0.720. The van der Waals surface area contributed by atoms with Crippen LogP contribution in [0.3, 0.4) is 0 Å². The number of benzene rings is 1. The molecule has 2 N–H and O–H groups in total. The molecule has 0 spiro atoms. The minimum absolute atomic E-state index is 0. The van der Waals surface area contributed by atoms with E-state index in [4.69, 9.17) is 4.74 Å². The molecular formula is C25H44IN5O. The number of hydrogen-bond acceptors (Lipinski definition) is 4. The van der Waals surface area contributed by atoms with Crippen LogP contribution in [-0.4, -0.2) is 81.8 Å². The van der Waals surface area contributed by atoms with E-state index in [1.807, 2.05) is 7.05 Å². The zero-order chi connectivity index (χ0) is 21.9. The van der Waals surface area contributed by atoms with Gasteiger partial charge in [-0.3, -0.25) is 4.99 Å². The van der Waals surface area contributed by atoms with Gasteiger partial charge in [-0.15, -0.1) is 24.0 Å². The lowest BCUT2D eigenvalue weighted by molar-refractivity contribution is -0.0265. The van der Waals surface area contributed by atoms with Gasteiger partial charge in [0.2, 0.25) is 0 Å². The lowest BCUT2D eigenvalue weighted by Gasteiger charge is -2.34. The highest BCUT2D eigenvalue weighted by molar-refractivity contribution is 14.0. The van der Waals surface area contributed by atoms with Crippen molar-refractivity contribution in [1.82, 2.24) is 20.4 Å². The number of aliphatic imine (C=N–C) groups is 1. The molecule has 3 rings (SSSR count). The van der Waals surface area contributed by atoms with E-state index < -0.39 is 0 Å². The third-order valence-corrected chi connectivity index (χ3v) is 6.71. The van der Waals surface area contributed by atoms with Gasteiger partial charge in [0.05, 0.1) is 6.10 Å². The van der Waals surface area contributed by atoms with E-state index in [1.165, 1.54) is 69.7 Å². The Morgan fingerprint density at radius 2 is 1.78 bits per heavy atom. The highest BCUT2D eigenvalue weighted by Gasteiger charge is 2.27. The van der Waals surface area contributed by atoms with Crippen LogP contribution in [-0.2, 0) is 4.74 Å². The van der Waals surface area contributed by atoms with Crippen LogP contribution in [0.5, 0.6) is 0 Å². The third kappa shape index (κ3) is 8.80. The smallest absolute Gasteiger partial charge is 0.190 e. The van der Waals surface area contributed by atoms with Gasteiger partial charge < -0.3 is 25.2 Å². The molecule has 6 nitrogen and oxygen atoms in total. The standard InChI is InChI=1S/C25H43N5O.HI/c1-4-29-15-17-30(18-16-29)14-6-5-13-27-25(26-3)28-20-23-8-7-19-31-24(23)22-11-9-21(2)10-12-22;/h9-12,23-24H,4-8,13-20H2,1-3H3,(H2,26,27,28);1H. The van der Waals surface area contributed by atoms with Gasteiger partial charge in [-0.25, -0.2) is 0 Å². The van der Waals surface area contributed by atoms with Gasteiger partial charge in [0.25, 0.3) is 0 Å². The van der Waals surface area contributed by atoms with Gasteiger partial charge in [-0.05, 0) is 51.3 Å². The van der Waals surface area contributed by atoms with Crippen molar-refractivity contribution in [3.05, 3.63) is 35.4 Å². The van der Waals surface area contributed by atoms with Gasteiger partial charge in [0, 0.05) is 58.8 Å². The van der Waals surface area contributed by atoms with E-state index in [0.717, 1.165) is 32.1 Å². The van der Waals surface area contributed by atoms with Crippen molar-refractivity contribution in [1.29, 1.82) is 0 Å². The van der Waals surface area contributed by atoms with Crippen LogP contribution in [0.4, 0.5) is 0 Å². The Labute approximate surface area is 212 Å². The quantitative estimate of drug-likeness (QED) is 0.210. The zero-order valence-electron chi connectivity index (χ0n) is 20.3. The molecule has 1 aromatic carbocycles. The molecule has 2 fully saturated rings. The van der Waals surface area contributed by atoms with Gasteiger partial charge in [-0.1, -0.05) is 36.8 Å². The lowest BCUT2D eigenvalue weighted by atomic mass is 9.89. The molecule has 7 heteroatoms. The molecule has 0 radical (unpaired) electrons. The Hall–Kier alpha value is -0.900. The minimum atomic E-state index is 0. The molecule has 2 unspecified atom stereocenters. The maximum absolute atomic E-state index is 6.16. The highest BCUT2D eigenvalue weighted by atomic mass is 127. The number of ether oxygens (including phenoxy) is 1. The number of guanidine groups is 1. The topological polar surface area (TPSA) is 52.1 Å². The van der Waals surface area contributed by atoms with Crippen LogP contribution in [0.2, 0.25) is 0 Å². The van der Waals surface area contributed by atoms with Crippen molar-refractivity contribution in [2.75, 3.05) is 66.0 Å². The summed E-state index contributed by atoms with van der Waals surface area (Å²) < 4.78 is 6.16. The summed E-state index contributed by atoms with van der Waals surface area (Å²) in [5, 5.41) is 7.04. The summed E-state index contributed by atoms with van der Waals surface area (Å²) in [4.78, 5) is 9.57. The van der Waals surface area contributed by atoms with E-state index in [1.54, 1.807) is 0 Å². The molecule has 0 aromatic heterocycles. The van der Waals surface area contributed by atoms with Crippen molar-refractivity contribution in [2.24, 2.45) is 10.9 Å². The number of piperazine rings is 1. The third-order valence-electron chi connectivity index (χ3n) is 6.71. The Morgan fingerprint density at radius 3 is 2.47 bits per heavy atom. The number of rotatable bonds is 9. The monoisotopic (exact) mass is 557 g/mol. The fourth-order valence-electron chi connectivity index (χ4n) is 4.62. The number of halogens is 1. The maximum atomic E-state index is 6.16. The molecule has 32 heavy (non-hydrogen) atoms. The fourth-order valence-corrected chi connectivity index (χ4v) is 4.62. The van der Waals surface area contributed by atoms with Crippen molar-refractivity contribution in [3.8, 4) is 0 Å². The van der Waals surface area contributed by atoms with Crippen LogP contribution in [0.1, 0.15) is 49.8 Å². The van der Waals surface area contributed by atoms with Crippen LogP contribution < -0.4 is 10.6 Å². The molecular weight excluding hydrogens is 513 g/mol. The second-order valence-electron chi connectivity index (χ2n) is 8.97. The van der Waals surface area contributed by atoms with Crippen molar-refractivity contribution in [3.63, 3.8) is 0 Å². The molecule has 0 saturated carbocycles. The maximum Gasteiger partial charge on any atom is 0.190 e. The van der Waals surface area contributed by atoms with E-state index in [2.05, 4.69) is 63.5 Å². The molecule has 0 amide bonds. The first kappa shape index (κ1) is 27.3. The Kier molecular flexibility index (Phi) is 12.9. The SMILES string of the molecule is CCN1CCN(CCCCNC(=NC)NCC2CCCOC2c2ccc(C)cc2)CC1.I. The average Bonchev–Trinajstić information content (AvgIpc) is 2.82. The van der Waals surface area contributed by atoms with Crippen molar-refractivity contribution < 1.29 is 4.74 Å². The first-order valence-corrected chi connectivity index (χ1v) is 12.3. The average molecular weight is 558 g/mol. The van der Waals surface area contributed by atoms with E-state index in [-0.39, 0.29) is 30.1 Å². The molecule has 0 aliphatic carbocycles. The molecule has 1 aromatic rings. The van der Waals surface area contributed by atoms with Crippen LogP contribution in [0.15, 0.2) is 29.3 Å². The molecule has 2 saturated heterocycles. The summed E-state index contributed by atoms with van der Waals surface area (Å²) >= 11 is 0. The second kappa shape index (κ2) is 15.1. The Balaban J connectivity index is 0.00000363. The molecule has 0 bridgehead atoms. The number of aryl methyl sites for hydroxylation is 1. The Bertz CT molecular complexity index is 661. The van der Waals surface area contributed by atoms with E-state index >= 15 is 0 Å². The van der Waals surface area contributed by atoms with Gasteiger partial charge in [0.1, 0.15) is 0 Å². The summed E-state index contributed by atoms with van der Waals surface area (Å²) in [6.45, 7) is 14.4.